The molecule has 1 spiro atoms. The van der Waals surface area contributed by atoms with Crippen LogP contribution in [0.1, 0.15) is 25.7 Å². The summed E-state index contributed by atoms with van der Waals surface area (Å²) in [6, 6.07) is -0.483. The van der Waals surface area contributed by atoms with Crippen LogP contribution in [0.3, 0.4) is 0 Å². The van der Waals surface area contributed by atoms with Crippen molar-refractivity contribution in [3.63, 3.8) is 0 Å². The Morgan fingerprint density at radius 1 is 1.28 bits per heavy atom. The van der Waals surface area contributed by atoms with Crippen molar-refractivity contribution in [1.29, 1.82) is 0 Å². The van der Waals surface area contributed by atoms with Crippen molar-refractivity contribution in [1.82, 2.24) is 15.5 Å². The van der Waals surface area contributed by atoms with Crippen LogP contribution in [0, 0.1) is 0 Å². The van der Waals surface area contributed by atoms with E-state index in [0.29, 0.717) is 32.2 Å². The van der Waals surface area contributed by atoms with Gasteiger partial charge in [-0.25, -0.2) is 4.79 Å². The standard InChI is InChI=1S/C11H16N4O3/c12-10(3-4-10)8(17)15-5-1-2-11(6-15)7(16)13-9(18)14-11/h1-6,12H2,(H2,13,14,16,18). The quantitative estimate of drug-likeness (QED) is 0.503. The second-order valence-electron chi connectivity index (χ2n) is 5.48. The largest absolute Gasteiger partial charge is 0.338 e. The first-order valence-corrected chi connectivity index (χ1v) is 6.17. The minimum Gasteiger partial charge on any atom is -0.338 e. The molecule has 0 aromatic heterocycles. The van der Waals surface area contributed by atoms with E-state index in [1.807, 2.05) is 0 Å². The number of nitrogens with zero attached hydrogens (tertiary/aromatic N) is 1. The third-order valence-corrected chi connectivity index (χ3v) is 4.01. The highest BCUT2D eigenvalue weighted by Crippen LogP contribution is 2.36. The lowest BCUT2D eigenvalue weighted by molar-refractivity contribution is -0.138. The third-order valence-electron chi connectivity index (χ3n) is 4.01. The molecule has 98 valence electrons. The molecule has 0 radical (unpaired) electrons. The second kappa shape index (κ2) is 3.44. The van der Waals surface area contributed by atoms with Crippen molar-refractivity contribution >= 4 is 17.8 Å². The normalized spacial score (nSPS) is 33.3. The molecule has 0 aromatic carbocycles. The highest BCUT2D eigenvalue weighted by Gasteiger charge is 2.54. The zero-order valence-electron chi connectivity index (χ0n) is 9.99. The number of rotatable bonds is 1. The molecular formula is C11H16N4O3. The Labute approximate surface area is 104 Å². The number of nitrogens with one attached hydrogen (secondary N) is 2. The first-order chi connectivity index (χ1) is 8.45. The molecule has 0 aromatic rings. The summed E-state index contributed by atoms with van der Waals surface area (Å²) in [5, 5.41) is 4.87. The van der Waals surface area contributed by atoms with Gasteiger partial charge in [-0.05, 0) is 25.7 Å². The lowest BCUT2D eigenvalue weighted by Crippen LogP contribution is -2.61. The van der Waals surface area contributed by atoms with Crippen LogP contribution < -0.4 is 16.4 Å². The lowest BCUT2D eigenvalue weighted by atomic mass is 9.89. The molecule has 3 fully saturated rings. The van der Waals surface area contributed by atoms with E-state index in [-0.39, 0.29) is 18.4 Å². The molecule has 18 heavy (non-hydrogen) atoms. The van der Waals surface area contributed by atoms with E-state index in [9.17, 15) is 14.4 Å². The number of amides is 4. The molecule has 2 saturated heterocycles. The fraction of sp³-hybridized carbons (Fsp3) is 0.727. The number of nitrogens with two attached hydrogens (primary N) is 1. The molecule has 1 saturated carbocycles. The highest BCUT2D eigenvalue weighted by molar-refractivity contribution is 6.07. The molecule has 2 heterocycles. The molecule has 7 heteroatoms. The third kappa shape index (κ3) is 1.58. The first-order valence-electron chi connectivity index (χ1n) is 6.17. The Morgan fingerprint density at radius 3 is 2.56 bits per heavy atom. The molecule has 0 bridgehead atoms. The van der Waals surface area contributed by atoms with Crippen molar-refractivity contribution in [2.45, 2.75) is 36.8 Å². The van der Waals surface area contributed by atoms with E-state index in [1.165, 1.54) is 0 Å². The number of hydrogen-bond acceptors (Lipinski definition) is 4. The minimum absolute atomic E-state index is 0.101. The molecule has 3 rings (SSSR count). The van der Waals surface area contributed by atoms with Gasteiger partial charge in [0.2, 0.25) is 5.91 Å². The number of hydrogen-bond donors (Lipinski definition) is 3. The Hall–Kier alpha value is -1.63. The monoisotopic (exact) mass is 252 g/mol. The first kappa shape index (κ1) is 11.5. The summed E-state index contributed by atoms with van der Waals surface area (Å²) in [5.74, 6) is -0.442. The lowest BCUT2D eigenvalue weighted by Gasteiger charge is -2.39. The van der Waals surface area contributed by atoms with E-state index < -0.39 is 17.1 Å². The van der Waals surface area contributed by atoms with Crippen LogP contribution in [0.15, 0.2) is 0 Å². The Bertz CT molecular complexity index is 446. The van der Waals surface area contributed by atoms with Crippen molar-refractivity contribution in [3.05, 3.63) is 0 Å². The molecular weight excluding hydrogens is 236 g/mol. The maximum Gasteiger partial charge on any atom is 0.322 e. The second-order valence-corrected chi connectivity index (χ2v) is 5.48. The predicted octanol–water partition coefficient (Wildman–Crippen LogP) is -1.32. The van der Waals surface area contributed by atoms with E-state index in [2.05, 4.69) is 10.6 Å². The summed E-state index contributed by atoms with van der Waals surface area (Å²) in [5.41, 5.74) is 4.22. The van der Waals surface area contributed by atoms with E-state index in [0.717, 1.165) is 0 Å². The van der Waals surface area contributed by atoms with Crippen molar-refractivity contribution in [3.8, 4) is 0 Å². The molecule has 3 aliphatic rings. The van der Waals surface area contributed by atoms with Gasteiger partial charge in [-0.3, -0.25) is 14.9 Å². The van der Waals surface area contributed by atoms with Gasteiger partial charge in [0, 0.05) is 6.54 Å². The number of urea groups is 1. The van der Waals surface area contributed by atoms with Gasteiger partial charge in [0.1, 0.15) is 5.54 Å². The van der Waals surface area contributed by atoms with E-state index >= 15 is 0 Å². The van der Waals surface area contributed by atoms with Gasteiger partial charge in [-0.2, -0.15) is 0 Å². The van der Waals surface area contributed by atoms with Gasteiger partial charge in [-0.15, -0.1) is 0 Å². The predicted molar refractivity (Wildman–Crippen MR) is 61.4 cm³/mol. The summed E-state index contributed by atoms with van der Waals surface area (Å²) in [4.78, 5) is 36.9. The highest BCUT2D eigenvalue weighted by atomic mass is 16.2. The topological polar surface area (TPSA) is 105 Å². The number of carbonyl (C=O) groups excluding carboxylic acids is 3. The van der Waals surface area contributed by atoms with Crippen LogP contribution in [0.2, 0.25) is 0 Å². The molecule has 4 amide bonds. The van der Waals surface area contributed by atoms with Crippen molar-refractivity contribution in [2.75, 3.05) is 13.1 Å². The molecule has 2 aliphatic heterocycles. The summed E-state index contributed by atoms with van der Waals surface area (Å²) in [7, 11) is 0. The van der Waals surface area contributed by atoms with Crippen LogP contribution in [0.25, 0.3) is 0 Å². The van der Waals surface area contributed by atoms with Crippen molar-refractivity contribution < 1.29 is 14.4 Å². The summed E-state index contributed by atoms with van der Waals surface area (Å²) in [6.45, 7) is 0.824. The number of carbonyl (C=O) groups is 3. The Kier molecular flexibility index (Phi) is 2.19. The summed E-state index contributed by atoms with van der Waals surface area (Å²) >= 11 is 0. The smallest absolute Gasteiger partial charge is 0.322 e. The van der Waals surface area contributed by atoms with Crippen LogP contribution in [-0.4, -0.2) is 46.9 Å². The zero-order chi connectivity index (χ0) is 13.0. The fourth-order valence-electron chi connectivity index (χ4n) is 2.71. The van der Waals surface area contributed by atoms with Gasteiger partial charge >= 0.3 is 6.03 Å². The molecule has 1 atom stereocenters. The van der Waals surface area contributed by atoms with Gasteiger partial charge in [0.15, 0.2) is 0 Å². The maximum atomic E-state index is 12.2. The van der Waals surface area contributed by atoms with Crippen LogP contribution in [0.5, 0.6) is 0 Å². The Morgan fingerprint density at radius 2 is 2.00 bits per heavy atom. The Balaban J connectivity index is 1.78. The number of imide groups is 1. The van der Waals surface area contributed by atoms with Gasteiger partial charge < -0.3 is 16.0 Å². The SMILES string of the molecule is NC1(C(=O)N2CCCC3(C2)NC(=O)NC3=O)CC1. The average molecular weight is 252 g/mol. The zero-order valence-corrected chi connectivity index (χ0v) is 9.99. The number of piperidine rings is 1. The van der Waals surface area contributed by atoms with Crippen LogP contribution in [-0.2, 0) is 9.59 Å². The molecule has 1 aliphatic carbocycles. The number of likely N-dealkylation sites (tertiary alicyclic amines) is 1. The minimum atomic E-state index is -0.948. The molecule has 7 nitrogen and oxygen atoms in total. The fourth-order valence-corrected chi connectivity index (χ4v) is 2.71. The van der Waals surface area contributed by atoms with E-state index in [1.54, 1.807) is 4.90 Å². The summed E-state index contributed by atoms with van der Waals surface area (Å²) < 4.78 is 0. The maximum absolute atomic E-state index is 12.2. The average Bonchev–Trinajstić information content (AvgIpc) is 3.01. The van der Waals surface area contributed by atoms with Gasteiger partial charge in [0.25, 0.3) is 5.91 Å². The summed E-state index contributed by atoms with van der Waals surface area (Å²) in [6.07, 6.45) is 2.66. The van der Waals surface area contributed by atoms with Crippen LogP contribution in [0.4, 0.5) is 4.79 Å². The van der Waals surface area contributed by atoms with Gasteiger partial charge in [0.05, 0.1) is 12.1 Å². The molecule has 4 N–H and O–H groups in total. The van der Waals surface area contributed by atoms with E-state index in [4.69, 9.17) is 5.73 Å². The van der Waals surface area contributed by atoms with Crippen LogP contribution >= 0.6 is 0 Å². The van der Waals surface area contributed by atoms with Crippen molar-refractivity contribution in [2.24, 2.45) is 5.73 Å². The molecule has 1 unspecified atom stereocenters. The van der Waals surface area contributed by atoms with Gasteiger partial charge in [-0.1, -0.05) is 0 Å².